The fourth-order valence-electron chi connectivity index (χ4n) is 2.96. The third-order valence-electron chi connectivity index (χ3n) is 3.90. The van der Waals surface area contributed by atoms with E-state index in [4.69, 9.17) is 0 Å². The lowest BCUT2D eigenvalue weighted by molar-refractivity contribution is -0.139. The molecule has 0 unspecified atom stereocenters. The first-order valence-corrected chi connectivity index (χ1v) is 7.28. The van der Waals surface area contributed by atoms with Gasteiger partial charge in [-0.15, -0.1) is 5.10 Å². The third kappa shape index (κ3) is 2.17. The fraction of sp³-hybridized carbons (Fsp3) is 0.533. The van der Waals surface area contributed by atoms with Crippen LogP contribution in [0.2, 0.25) is 0 Å². The van der Waals surface area contributed by atoms with Crippen LogP contribution in [0, 0.1) is 5.92 Å². The van der Waals surface area contributed by atoms with E-state index in [2.05, 4.69) is 24.2 Å². The van der Waals surface area contributed by atoms with Gasteiger partial charge in [-0.2, -0.15) is 0 Å². The van der Waals surface area contributed by atoms with Gasteiger partial charge in [0.05, 0.1) is 5.52 Å². The SMILES string of the molecule is CC(C)[C@@H](N1CCCCC1=O)n1nnc2ccccc21. The number of aromatic nitrogens is 3. The van der Waals surface area contributed by atoms with E-state index in [1.807, 2.05) is 33.8 Å². The zero-order valence-corrected chi connectivity index (χ0v) is 12.0. The molecule has 0 N–H and O–H groups in total. The van der Waals surface area contributed by atoms with Crippen LogP contribution in [0.5, 0.6) is 0 Å². The van der Waals surface area contributed by atoms with Gasteiger partial charge in [-0.25, -0.2) is 4.68 Å². The van der Waals surface area contributed by atoms with E-state index in [1.165, 1.54) is 0 Å². The molecule has 0 bridgehead atoms. The molecular weight excluding hydrogens is 252 g/mol. The number of likely N-dealkylation sites (tertiary alicyclic amines) is 1. The van der Waals surface area contributed by atoms with Crippen molar-refractivity contribution < 1.29 is 4.79 Å². The van der Waals surface area contributed by atoms with Crippen molar-refractivity contribution in [2.24, 2.45) is 5.92 Å². The fourth-order valence-corrected chi connectivity index (χ4v) is 2.96. The van der Waals surface area contributed by atoms with Crippen molar-refractivity contribution in [2.75, 3.05) is 6.54 Å². The lowest BCUT2D eigenvalue weighted by Gasteiger charge is -2.36. The number of hydrogen-bond acceptors (Lipinski definition) is 3. The Labute approximate surface area is 118 Å². The second-order valence-electron chi connectivity index (χ2n) is 5.72. The summed E-state index contributed by atoms with van der Waals surface area (Å²) in [5.41, 5.74) is 1.87. The predicted octanol–water partition coefficient (Wildman–Crippen LogP) is 2.60. The number of piperidine rings is 1. The second-order valence-corrected chi connectivity index (χ2v) is 5.72. The summed E-state index contributed by atoms with van der Waals surface area (Å²) < 4.78 is 1.91. The lowest BCUT2D eigenvalue weighted by atomic mass is 10.0. The van der Waals surface area contributed by atoms with Gasteiger partial charge in [0, 0.05) is 13.0 Å². The number of carbonyl (C=O) groups excluding carboxylic acids is 1. The zero-order valence-electron chi connectivity index (χ0n) is 12.0. The Morgan fingerprint density at radius 3 is 2.75 bits per heavy atom. The van der Waals surface area contributed by atoms with Crippen LogP contribution in [-0.2, 0) is 4.79 Å². The standard InChI is InChI=1S/C15H20N4O/c1-11(2)15(18-10-6-5-9-14(18)20)19-13-8-4-3-7-12(13)16-17-19/h3-4,7-8,11,15H,5-6,9-10H2,1-2H3/t15-/m0/s1. The monoisotopic (exact) mass is 272 g/mol. The highest BCUT2D eigenvalue weighted by molar-refractivity contribution is 5.78. The molecule has 1 fully saturated rings. The molecule has 106 valence electrons. The number of fused-ring (bicyclic) bond motifs is 1. The molecule has 1 atom stereocenters. The lowest BCUT2D eigenvalue weighted by Crippen LogP contribution is -2.43. The van der Waals surface area contributed by atoms with E-state index >= 15 is 0 Å². The van der Waals surface area contributed by atoms with Crippen LogP contribution in [-0.4, -0.2) is 32.3 Å². The molecule has 1 aromatic carbocycles. The van der Waals surface area contributed by atoms with E-state index in [0.717, 1.165) is 30.4 Å². The average molecular weight is 272 g/mol. The summed E-state index contributed by atoms with van der Waals surface area (Å²) in [7, 11) is 0. The first kappa shape index (κ1) is 13.1. The van der Waals surface area contributed by atoms with Crippen LogP contribution in [0.25, 0.3) is 11.0 Å². The Hall–Kier alpha value is -1.91. The highest BCUT2D eigenvalue weighted by atomic mass is 16.2. The smallest absolute Gasteiger partial charge is 0.224 e. The number of rotatable bonds is 3. The minimum absolute atomic E-state index is 0.0461. The van der Waals surface area contributed by atoms with Crippen molar-refractivity contribution in [3.05, 3.63) is 24.3 Å². The number of amides is 1. The molecule has 0 radical (unpaired) electrons. The maximum absolute atomic E-state index is 12.2. The van der Waals surface area contributed by atoms with Gasteiger partial charge in [0.15, 0.2) is 0 Å². The highest BCUT2D eigenvalue weighted by Crippen LogP contribution is 2.28. The average Bonchev–Trinajstić information content (AvgIpc) is 2.85. The Bertz CT molecular complexity index is 619. The summed E-state index contributed by atoms with van der Waals surface area (Å²) in [4.78, 5) is 14.2. The van der Waals surface area contributed by atoms with Crippen LogP contribution in [0.1, 0.15) is 39.3 Å². The van der Waals surface area contributed by atoms with Gasteiger partial charge < -0.3 is 4.90 Å². The van der Waals surface area contributed by atoms with E-state index < -0.39 is 0 Å². The van der Waals surface area contributed by atoms with Crippen molar-refractivity contribution in [1.29, 1.82) is 0 Å². The van der Waals surface area contributed by atoms with Gasteiger partial charge in [-0.3, -0.25) is 4.79 Å². The normalized spacial score (nSPS) is 17.9. The topological polar surface area (TPSA) is 51.0 Å². The van der Waals surface area contributed by atoms with Crippen molar-refractivity contribution in [2.45, 2.75) is 39.3 Å². The molecule has 20 heavy (non-hydrogen) atoms. The Kier molecular flexibility index (Phi) is 3.42. The van der Waals surface area contributed by atoms with Crippen molar-refractivity contribution in [3.8, 4) is 0 Å². The Balaban J connectivity index is 2.04. The van der Waals surface area contributed by atoms with Crippen molar-refractivity contribution in [1.82, 2.24) is 19.9 Å². The van der Waals surface area contributed by atoms with Crippen LogP contribution in [0.3, 0.4) is 0 Å². The molecule has 2 heterocycles. The molecule has 5 heteroatoms. The van der Waals surface area contributed by atoms with E-state index in [9.17, 15) is 4.79 Å². The maximum atomic E-state index is 12.2. The predicted molar refractivity (Wildman–Crippen MR) is 77.0 cm³/mol. The molecule has 0 saturated carbocycles. The van der Waals surface area contributed by atoms with Crippen molar-refractivity contribution in [3.63, 3.8) is 0 Å². The molecule has 1 saturated heterocycles. The van der Waals surface area contributed by atoms with Gasteiger partial charge in [-0.1, -0.05) is 31.2 Å². The minimum atomic E-state index is -0.0461. The molecule has 1 amide bonds. The van der Waals surface area contributed by atoms with Gasteiger partial charge in [0.2, 0.25) is 5.91 Å². The second kappa shape index (κ2) is 5.23. The molecular formula is C15H20N4O. The summed E-state index contributed by atoms with van der Waals surface area (Å²) in [5, 5.41) is 8.52. The Morgan fingerprint density at radius 2 is 2.00 bits per heavy atom. The van der Waals surface area contributed by atoms with Gasteiger partial charge >= 0.3 is 0 Å². The van der Waals surface area contributed by atoms with E-state index in [0.29, 0.717) is 12.3 Å². The first-order chi connectivity index (χ1) is 9.68. The quantitative estimate of drug-likeness (QED) is 0.863. The molecule has 2 aromatic rings. The maximum Gasteiger partial charge on any atom is 0.224 e. The van der Waals surface area contributed by atoms with Gasteiger partial charge in [0.1, 0.15) is 11.7 Å². The van der Waals surface area contributed by atoms with Crippen LogP contribution in [0.15, 0.2) is 24.3 Å². The number of para-hydroxylation sites is 1. The first-order valence-electron chi connectivity index (χ1n) is 7.28. The molecule has 0 spiro atoms. The summed E-state index contributed by atoms with van der Waals surface area (Å²) in [6.45, 7) is 5.07. The molecule has 5 nitrogen and oxygen atoms in total. The summed E-state index contributed by atoms with van der Waals surface area (Å²) in [5.74, 6) is 0.525. The minimum Gasteiger partial charge on any atom is -0.320 e. The number of nitrogens with zero attached hydrogens (tertiary/aromatic N) is 4. The molecule has 1 aliphatic rings. The van der Waals surface area contributed by atoms with E-state index in [1.54, 1.807) is 0 Å². The summed E-state index contributed by atoms with van der Waals surface area (Å²) in [6.07, 6.45) is 2.67. The summed E-state index contributed by atoms with van der Waals surface area (Å²) >= 11 is 0. The Morgan fingerprint density at radius 1 is 1.20 bits per heavy atom. The van der Waals surface area contributed by atoms with Crippen LogP contribution >= 0.6 is 0 Å². The number of hydrogen-bond donors (Lipinski definition) is 0. The van der Waals surface area contributed by atoms with E-state index in [-0.39, 0.29) is 12.1 Å². The summed E-state index contributed by atoms with van der Waals surface area (Å²) in [6, 6.07) is 7.91. The van der Waals surface area contributed by atoms with Gasteiger partial charge in [-0.05, 0) is 30.9 Å². The largest absolute Gasteiger partial charge is 0.320 e. The van der Waals surface area contributed by atoms with Crippen LogP contribution in [0.4, 0.5) is 0 Å². The molecule has 1 aromatic heterocycles. The van der Waals surface area contributed by atoms with Crippen molar-refractivity contribution >= 4 is 16.9 Å². The molecule has 3 rings (SSSR count). The highest BCUT2D eigenvalue weighted by Gasteiger charge is 2.31. The molecule has 1 aliphatic heterocycles. The molecule has 0 aliphatic carbocycles. The number of carbonyl (C=O) groups is 1. The third-order valence-corrected chi connectivity index (χ3v) is 3.90. The zero-order chi connectivity index (χ0) is 14.1. The van der Waals surface area contributed by atoms with Gasteiger partial charge in [0.25, 0.3) is 0 Å². The van der Waals surface area contributed by atoms with Crippen LogP contribution < -0.4 is 0 Å². The number of benzene rings is 1.